The summed E-state index contributed by atoms with van der Waals surface area (Å²) in [4.78, 5) is 16.9. The van der Waals surface area contributed by atoms with E-state index in [1.165, 1.54) is 11.3 Å². The molecule has 0 unspecified atom stereocenters. The summed E-state index contributed by atoms with van der Waals surface area (Å²) in [6, 6.07) is 0. The van der Waals surface area contributed by atoms with Gasteiger partial charge in [0.1, 0.15) is 6.29 Å². The first-order chi connectivity index (χ1) is 7.29. The summed E-state index contributed by atoms with van der Waals surface area (Å²) in [6.45, 7) is 2.54. The van der Waals surface area contributed by atoms with Crippen molar-refractivity contribution >= 4 is 22.8 Å². The first-order valence-corrected chi connectivity index (χ1v) is 6.04. The molecule has 0 atom stereocenters. The molecule has 0 aliphatic carbocycles. The number of anilines is 1. The standard InChI is InChI=1S/C10H15N3OS/c11-10-12-9(7-15-10)8-1-3-13(4-2-8)5-6-14/h6-8H,1-5H2,(H2,11,12). The van der Waals surface area contributed by atoms with Gasteiger partial charge in [-0.3, -0.25) is 4.90 Å². The van der Waals surface area contributed by atoms with Gasteiger partial charge in [0.2, 0.25) is 0 Å². The number of carbonyl (C=O) groups excluding carboxylic acids is 1. The van der Waals surface area contributed by atoms with Crippen LogP contribution in [0.5, 0.6) is 0 Å². The van der Waals surface area contributed by atoms with E-state index in [4.69, 9.17) is 5.73 Å². The molecule has 0 amide bonds. The van der Waals surface area contributed by atoms with Crippen molar-refractivity contribution in [3.63, 3.8) is 0 Å². The molecule has 0 bridgehead atoms. The Kier molecular flexibility index (Phi) is 3.33. The van der Waals surface area contributed by atoms with Crippen LogP contribution in [0.15, 0.2) is 5.38 Å². The molecule has 1 fully saturated rings. The molecule has 0 spiro atoms. The van der Waals surface area contributed by atoms with Crippen LogP contribution in [0.25, 0.3) is 0 Å². The molecule has 5 heteroatoms. The van der Waals surface area contributed by atoms with E-state index in [1.807, 2.05) is 0 Å². The number of aldehydes is 1. The molecule has 1 aromatic heterocycles. The zero-order valence-electron chi connectivity index (χ0n) is 8.56. The molecule has 1 aromatic rings. The Morgan fingerprint density at radius 1 is 1.60 bits per heavy atom. The van der Waals surface area contributed by atoms with Gasteiger partial charge in [0, 0.05) is 11.3 Å². The predicted octanol–water partition coefficient (Wildman–Crippen LogP) is 1.10. The second-order valence-electron chi connectivity index (χ2n) is 3.85. The molecule has 0 aromatic carbocycles. The smallest absolute Gasteiger partial charge is 0.180 e. The highest BCUT2D eigenvalue weighted by molar-refractivity contribution is 7.13. The number of piperidine rings is 1. The van der Waals surface area contributed by atoms with Crippen LogP contribution in [0.4, 0.5) is 5.13 Å². The minimum atomic E-state index is 0.529. The summed E-state index contributed by atoms with van der Waals surface area (Å²) in [7, 11) is 0. The third kappa shape index (κ3) is 2.54. The van der Waals surface area contributed by atoms with E-state index in [0.717, 1.165) is 37.9 Å². The molecule has 1 saturated heterocycles. The van der Waals surface area contributed by atoms with E-state index in [0.29, 0.717) is 17.6 Å². The average Bonchev–Trinajstić information content (AvgIpc) is 2.67. The number of nitrogens with zero attached hydrogens (tertiary/aromatic N) is 2. The van der Waals surface area contributed by atoms with Crippen LogP contribution in [0.3, 0.4) is 0 Å². The Morgan fingerprint density at radius 2 is 2.33 bits per heavy atom. The van der Waals surface area contributed by atoms with Crippen molar-refractivity contribution in [2.75, 3.05) is 25.4 Å². The maximum absolute atomic E-state index is 10.4. The van der Waals surface area contributed by atoms with Crippen molar-refractivity contribution in [2.45, 2.75) is 18.8 Å². The summed E-state index contributed by atoms with van der Waals surface area (Å²) in [6.07, 6.45) is 3.13. The average molecular weight is 225 g/mol. The maximum Gasteiger partial charge on any atom is 0.180 e. The van der Waals surface area contributed by atoms with Gasteiger partial charge in [-0.2, -0.15) is 0 Å². The number of nitrogen functional groups attached to an aromatic ring is 1. The normalized spacial score (nSPS) is 19.2. The molecule has 4 nitrogen and oxygen atoms in total. The van der Waals surface area contributed by atoms with Crippen LogP contribution in [-0.2, 0) is 4.79 Å². The van der Waals surface area contributed by atoms with Crippen LogP contribution in [0.1, 0.15) is 24.5 Å². The Hall–Kier alpha value is -0.940. The van der Waals surface area contributed by atoms with E-state index in [-0.39, 0.29) is 0 Å². The Morgan fingerprint density at radius 3 is 2.87 bits per heavy atom. The Labute approximate surface area is 93.1 Å². The molecule has 0 saturated carbocycles. The molecular formula is C10H15N3OS. The predicted molar refractivity (Wildman–Crippen MR) is 61.0 cm³/mol. The summed E-state index contributed by atoms with van der Waals surface area (Å²) >= 11 is 1.51. The molecule has 1 aliphatic rings. The highest BCUT2D eigenvalue weighted by Gasteiger charge is 2.21. The highest BCUT2D eigenvalue weighted by atomic mass is 32.1. The number of aromatic nitrogens is 1. The van der Waals surface area contributed by atoms with E-state index in [2.05, 4.69) is 15.3 Å². The molecule has 2 rings (SSSR count). The maximum atomic E-state index is 10.4. The minimum absolute atomic E-state index is 0.529. The zero-order chi connectivity index (χ0) is 10.7. The highest BCUT2D eigenvalue weighted by Crippen LogP contribution is 2.29. The lowest BCUT2D eigenvalue weighted by molar-refractivity contribution is -0.109. The van der Waals surface area contributed by atoms with Gasteiger partial charge in [-0.25, -0.2) is 4.98 Å². The molecule has 0 radical (unpaired) electrons. The van der Waals surface area contributed by atoms with Gasteiger partial charge < -0.3 is 10.5 Å². The first-order valence-electron chi connectivity index (χ1n) is 5.16. The number of likely N-dealkylation sites (tertiary alicyclic amines) is 1. The monoisotopic (exact) mass is 225 g/mol. The Balaban J connectivity index is 1.90. The molecule has 15 heavy (non-hydrogen) atoms. The van der Waals surface area contributed by atoms with Crippen molar-refractivity contribution in [3.8, 4) is 0 Å². The van der Waals surface area contributed by atoms with Crippen molar-refractivity contribution in [2.24, 2.45) is 0 Å². The van der Waals surface area contributed by atoms with E-state index < -0.39 is 0 Å². The van der Waals surface area contributed by atoms with Crippen molar-refractivity contribution < 1.29 is 4.79 Å². The number of rotatable bonds is 3. The second-order valence-corrected chi connectivity index (χ2v) is 4.74. The molecule has 2 N–H and O–H groups in total. The fraction of sp³-hybridized carbons (Fsp3) is 0.600. The topological polar surface area (TPSA) is 59.2 Å². The third-order valence-corrected chi connectivity index (χ3v) is 3.57. The van der Waals surface area contributed by atoms with Gasteiger partial charge in [-0.05, 0) is 25.9 Å². The lowest BCUT2D eigenvalue weighted by Crippen LogP contribution is -2.34. The number of thiazole rings is 1. The minimum Gasteiger partial charge on any atom is -0.375 e. The lowest BCUT2D eigenvalue weighted by atomic mass is 9.94. The quantitative estimate of drug-likeness (QED) is 0.783. The largest absolute Gasteiger partial charge is 0.375 e. The SMILES string of the molecule is Nc1nc(C2CCN(CC=O)CC2)cs1. The zero-order valence-corrected chi connectivity index (χ0v) is 9.37. The first kappa shape index (κ1) is 10.6. The fourth-order valence-electron chi connectivity index (χ4n) is 2.00. The van der Waals surface area contributed by atoms with E-state index >= 15 is 0 Å². The van der Waals surface area contributed by atoms with Gasteiger partial charge in [-0.1, -0.05) is 0 Å². The van der Waals surface area contributed by atoms with Gasteiger partial charge in [0.25, 0.3) is 0 Å². The van der Waals surface area contributed by atoms with Crippen LogP contribution < -0.4 is 5.73 Å². The van der Waals surface area contributed by atoms with E-state index in [9.17, 15) is 4.79 Å². The number of hydrogen-bond acceptors (Lipinski definition) is 5. The van der Waals surface area contributed by atoms with Gasteiger partial charge in [0.05, 0.1) is 12.2 Å². The molecular weight excluding hydrogens is 210 g/mol. The number of hydrogen-bond donors (Lipinski definition) is 1. The van der Waals surface area contributed by atoms with Crippen LogP contribution in [0.2, 0.25) is 0 Å². The number of carbonyl (C=O) groups is 1. The summed E-state index contributed by atoms with van der Waals surface area (Å²) in [5.74, 6) is 0.529. The van der Waals surface area contributed by atoms with Crippen LogP contribution in [-0.4, -0.2) is 35.8 Å². The molecule has 82 valence electrons. The second kappa shape index (κ2) is 4.72. The van der Waals surface area contributed by atoms with Crippen LogP contribution >= 0.6 is 11.3 Å². The molecule has 2 heterocycles. The fourth-order valence-corrected chi connectivity index (χ4v) is 2.65. The number of nitrogens with two attached hydrogens (primary N) is 1. The third-order valence-electron chi connectivity index (χ3n) is 2.88. The van der Waals surface area contributed by atoms with Gasteiger partial charge in [0.15, 0.2) is 5.13 Å². The van der Waals surface area contributed by atoms with Crippen LogP contribution in [0, 0.1) is 0 Å². The molecule has 1 aliphatic heterocycles. The summed E-state index contributed by atoms with van der Waals surface area (Å²) in [5.41, 5.74) is 6.74. The Bertz CT molecular complexity index is 331. The lowest BCUT2D eigenvalue weighted by Gasteiger charge is -2.29. The van der Waals surface area contributed by atoms with Gasteiger partial charge >= 0.3 is 0 Å². The van der Waals surface area contributed by atoms with Crippen molar-refractivity contribution in [1.82, 2.24) is 9.88 Å². The summed E-state index contributed by atoms with van der Waals surface area (Å²) in [5, 5.41) is 2.70. The van der Waals surface area contributed by atoms with Crippen molar-refractivity contribution in [1.29, 1.82) is 0 Å². The summed E-state index contributed by atoms with van der Waals surface area (Å²) < 4.78 is 0. The van der Waals surface area contributed by atoms with E-state index in [1.54, 1.807) is 0 Å². The van der Waals surface area contributed by atoms with Gasteiger partial charge in [-0.15, -0.1) is 11.3 Å². The van der Waals surface area contributed by atoms with Crippen molar-refractivity contribution in [3.05, 3.63) is 11.1 Å².